The molecule has 0 saturated carbocycles. The molecule has 0 spiro atoms. The van der Waals surface area contributed by atoms with Gasteiger partial charge >= 0.3 is 0 Å². The first-order valence-corrected chi connectivity index (χ1v) is 7.60. The highest BCUT2D eigenvalue weighted by Crippen LogP contribution is 2.28. The van der Waals surface area contributed by atoms with E-state index >= 15 is 0 Å². The van der Waals surface area contributed by atoms with Gasteiger partial charge in [-0.2, -0.15) is 0 Å². The van der Waals surface area contributed by atoms with E-state index in [1.54, 1.807) is 0 Å². The van der Waals surface area contributed by atoms with Crippen molar-refractivity contribution in [2.24, 2.45) is 11.1 Å². The zero-order valence-electron chi connectivity index (χ0n) is 14.2. The summed E-state index contributed by atoms with van der Waals surface area (Å²) in [6.45, 7) is 13.3. The van der Waals surface area contributed by atoms with Gasteiger partial charge in [0.1, 0.15) is 5.82 Å². The second-order valence-corrected chi connectivity index (χ2v) is 7.01. The maximum atomic E-state index is 6.02. The first-order chi connectivity index (χ1) is 9.16. The van der Waals surface area contributed by atoms with Crippen molar-refractivity contribution in [1.82, 2.24) is 4.98 Å². The van der Waals surface area contributed by atoms with E-state index < -0.39 is 0 Å². The number of rotatable bonds is 5. The molecule has 114 valence electrons. The van der Waals surface area contributed by atoms with Crippen LogP contribution in [0, 0.1) is 12.3 Å². The third-order valence-corrected chi connectivity index (χ3v) is 4.30. The highest BCUT2D eigenvalue weighted by atomic mass is 15.2. The SMILES string of the molecule is CCC(N)Cc1cnc(N(C)C(C)C(C)(C)C)c(C)c1. The van der Waals surface area contributed by atoms with E-state index in [1.165, 1.54) is 11.1 Å². The van der Waals surface area contributed by atoms with Gasteiger partial charge in [-0.15, -0.1) is 0 Å². The van der Waals surface area contributed by atoms with Crippen LogP contribution in [0.25, 0.3) is 0 Å². The monoisotopic (exact) mass is 277 g/mol. The summed E-state index contributed by atoms with van der Waals surface area (Å²) in [7, 11) is 2.13. The Morgan fingerprint density at radius 2 is 1.95 bits per heavy atom. The van der Waals surface area contributed by atoms with Crippen LogP contribution in [0.2, 0.25) is 0 Å². The lowest BCUT2D eigenvalue weighted by atomic mass is 9.87. The molecule has 0 radical (unpaired) electrons. The first kappa shape index (κ1) is 17.0. The summed E-state index contributed by atoms with van der Waals surface area (Å²) in [6.07, 6.45) is 3.88. The fourth-order valence-corrected chi connectivity index (χ4v) is 2.32. The van der Waals surface area contributed by atoms with Crippen molar-refractivity contribution in [2.75, 3.05) is 11.9 Å². The van der Waals surface area contributed by atoms with Gasteiger partial charge in [-0.05, 0) is 43.2 Å². The molecule has 1 aromatic heterocycles. The number of nitrogens with two attached hydrogens (primary N) is 1. The number of aryl methyl sites for hydroxylation is 1. The molecule has 0 saturated heterocycles. The Balaban J connectivity index is 2.93. The standard InChI is InChI=1S/C17H31N3/c1-8-15(18)10-14-9-12(2)16(19-11-14)20(7)13(3)17(4,5)6/h9,11,13,15H,8,10,18H2,1-7H3. The molecule has 2 atom stereocenters. The van der Waals surface area contributed by atoms with E-state index in [1.807, 2.05) is 6.20 Å². The molecule has 0 aliphatic carbocycles. The maximum Gasteiger partial charge on any atom is 0.131 e. The van der Waals surface area contributed by atoms with Gasteiger partial charge in [0, 0.05) is 25.3 Å². The normalized spacial score (nSPS) is 15.0. The van der Waals surface area contributed by atoms with Crippen LogP contribution in [0.4, 0.5) is 5.82 Å². The first-order valence-electron chi connectivity index (χ1n) is 7.60. The van der Waals surface area contributed by atoms with Crippen molar-refractivity contribution in [3.8, 4) is 0 Å². The summed E-state index contributed by atoms with van der Waals surface area (Å²) >= 11 is 0. The second-order valence-electron chi connectivity index (χ2n) is 7.01. The summed E-state index contributed by atoms with van der Waals surface area (Å²) < 4.78 is 0. The van der Waals surface area contributed by atoms with Gasteiger partial charge < -0.3 is 10.6 Å². The summed E-state index contributed by atoms with van der Waals surface area (Å²) in [4.78, 5) is 6.95. The number of hydrogen-bond acceptors (Lipinski definition) is 3. The van der Waals surface area contributed by atoms with Gasteiger partial charge in [-0.1, -0.05) is 33.8 Å². The molecule has 2 unspecified atom stereocenters. The van der Waals surface area contributed by atoms with Gasteiger partial charge in [0.15, 0.2) is 0 Å². The molecule has 1 aromatic rings. The fourth-order valence-electron chi connectivity index (χ4n) is 2.32. The van der Waals surface area contributed by atoms with E-state index in [9.17, 15) is 0 Å². The van der Waals surface area contributed by atoms with Crippen molar-refractivity contribution >= 4 is 5.82 Å². The largest absolute Gasteiger partial charge is 0.356 e. The van der Waals surface area contributed by atoms with Crippen LogP contribution in [0.15, 0.2) is 12.3 Å². The van der Waals surface area contributed by atoms with Crippen molar-refractivity contribution < 1.29 is 0 Å². The number of aromatic nitrogens is 1. The molecule has 3 nitrogen and oxygen atoms in total. The molecule has 0 bridgehead atoms. The lowest BCUT2D eigenvalue weighted by molar-refractivity contribution is 0.328. The molecule has 0 fully saturated rings. The van der Waals surface area contributed by atoms with E-state index in [0.29, 0.717) is 6.04 Å². The topological polar surface area (TPSA) is 42.1 Å². The molecular weight excluding hydrogens is 246 g/mol. The number of nitrogens with zero attached hydrogens (tertiary/aromatic N) is 2. The van der Waals surface area contributed by atoms with Crippen LogP contribution in [0.5, 0.6) is 0 Å². The lowest BCUT2D eigenvalue weighted by Crippen LogP contribution is -2.40. The Labute approximate surface area is 124 Å². The van der Waals surface area contributed by atoms with Crippen LogP contribution in [-0.2, 0) is 6.42 Å². The highest BCUT2D eigenvalue weighted by molar-refractivity contribution is 5.48. The lowest BCUT2D eigenvalue weighted by Gasteiger charge is -2.36. The Hall–Kier alpha value is -1.09. The van der Waals surface area contributed by atoms with E-state index in [0.717, 1.165) is 18.7 Å². The molecule has 0 aliphatic rings. The average molecular weight is 277 g/mol. The molecule has 0 aromatic carbocycles. The van der Waals surface area contributed by atoms with Gasteiger partial charge in [0.05, 0.1) is 0 Å². The Morgan fingerprint density at radius 1 is 1.35 bits per heavy atom. The van der Waals surface area contributed by atoms with E-state index in [2.05, 4.69) is 64.5 Å². The van der Waals surface area contributed by atoms with Crippen LogP contribution >= 0.6 is 0 Å². The van der Waals surface area contributed by atoms with Crippen LogP contribution in [0.3, 0.4) is 0 Å². The number of hydrogen-bond donors (Lipinski definition) is 1. The van der Waals surface area contributed by atoms with Crippen LogP contribution < -0.4 is 10.6 Å². The Bertz CT molecular complexity index is 434. The molecule has 1 rings (SSSR count). The molecule has 0 amide bonds. The average Bonchev–Trinajstić information content (AvgIpc) is 2.36. The Kier molecular flexibility index (Phi) is 5.58. The van der Waals surface area contributed by atoms with Crippen LogP contribution in [-0.4, -0.2) is 24.1 Å². The molecule has 20 heavy (non-hydrogen) atoms. The summed E-state index contributed by atoms with van der Waals surface area (Å²) in [5, 5.41) is 0. The summed E-state index contributed by atoms with van der Waals surface area (Å²) in [5.41, 5.74) is 8.71. The van der Waals surface area contributed by atoms with E-state index in [-0.39, 0.29) is 11.5 Å². The summed E-state index contributed by atoms with van der Waals surface area (Å²) in [6, 6.07) is 2.88. The van der Waals surface area contributed by atoms with Crippen LogP contribution in [0.1, 0.15) is 52.2 Å². The van der Waals surface area contributed by atoms with Crippen molar-refractivity contribution in [2.45, 2.75) is 66.5 Å². The quantitative estimate of drug-likeness (QED) is 0.895. The number of anilines is 1. The van der Waals surface area contributed by atoms with Gasteiger partial charge in [0.2, 0.25) is 0 Å². The van der Waals surface area contributed by atoms with E-state index in [4.69, 9.17) is 5.73 Å². The third-order valence-electron chi connectivity index (χ3n) is 4.30. The minimum atomic E-state index is 0.228. The molecule has 0 aliphatic heterocycles. The van der Waals surface area contributed by atoms with Crippen molar-refractivity contribution in [3.63, 3.8) is 0 Å². The van der Waals surface area contributed by atoms with Gasteiger partial charge in [-0.25, -0.2) is 4.98 Å². The molecule has 3 heteroatoms. The smallest absolute Gasteiger partial charge is 0.131 e. The highest BCUT2D eigenvalue weighted by Gasteiger charge is 2.25. The third kappa shape index (κ3) is 4.20. The Morgan fingerprint density at radius 3 is 2.40 bits per heavy atom. The maximum absolute atomic E-state index is 6.02. The summed E-state index contributed by atoms with van der Waals surface area (Å²) in [5.74, 6) is 1.07. The fraction of sp³-hybridized carbons (Fsp3) is 0.706. The molecular formula is C17H31N3. The van der Waals surface area contributed by atoms with Gasteiger partial charge in [0.25, 0.3) is 0 Å². The van der Waals surface area contributed by atoms with Crippen molar-refractivity contribution in [1.29, 1.82) is 0 Å². The zero-order chi connectivity index (χ0) is 15.5. The molecule has 2 N–H and O–H groups in total. The molecule has 1 heterocycles. The van der Waals surface area contributed by atoms with Gasteiger partial charge in [-0.3, -0.25) is 0 Å². The minimum Gasteiger partial charge on any atom is -0.356 e. The second kappa shape index (κ2) is 6.57. The number of pyridine rings is 1. The predicted octanol–water partition coefficient (Wildman–Crippen LogP) is 3.54. The van der Waals surface area contributed by atoms with Crippen molar-refractivity contribution in [3.05, 3.63) is 23.4 Å². The minimum absolute atomic E-state index is 0.228. The predicted molar refractivity (Wildman–Crippen MR) is 88.3 cm³/mol. The zero-order valence-corrected chi connectivity index (χ0v) is 14.2.